The molecule has 2 atom stereocenters. The fraction of sp³-hybridized carbons (Fsp3) is 0.0952. The van der Waals surface area contributed by atoms with Crippen LogP contribution in [0.4, 0.5) is 0 Å². The van der Waals surface area contributed by atoms with Crippen LogP contribution in [0.15, 0.2) is 128 Å². The average molecular weight is 605 g/mol. The van der Waals surface area contributed by atoms with Crippen LogP contribution >= 0.6 is 0 Å². The second-order valence-corrected chi connectivity index (χ2v) is 13.4. The Hall–Kier alpha value is -5.94. The number of aromatic nitrogens is 4. The number of rotatable bonds is 1. The van der Waals surface area contributed by atoms with E-state index in [-0.39, 0.29) is 5.92 Å². The van der Waals surface area contributed by atoms with Crippen molar-refractivity contribution >= 4 is 21.8 Å². The molecule has 5 heteroatoms. The fourth-order valence-corrected chi connectivity index (χ4v) is 9.77. The Morgan fingerprint density at radius 3 is 2.26 bits per heavy atom. The van der Waals surface area contributed by atoms with Crippen LogP contribution < -0.4 is 14.0 Å². The standard InChI is InChI=1S/C42H28N4O/c1-24-22-25(2)46-42-40-34(45(24)46)16-9-17-36(40)47-37-19-18-31-27-10-3-4-13-30(27)38(39(31)41(37)42)35-23-26(20-21-43(35)42)44-32-14-7-5-11-28(32)29-12-6-8-15-33(29)44/h3-23,38H,1-2H3/q+2/t38-,42?/m1/s1. The Kier molecular flexibility index (Phi) is 4.08. The average Bonchev–Trinajstić information content (AvgIpc) is 3.81. The van der Waals surface area contributed by atoms with Gasteiger partial charge in [-0.3, -0.25) is 0 Å². The van der Waals surface area contributed by atoms with E-state index in [1.807, 2.05) is 0 Å². The minimum atomic E-state index is -0.642. The molecule has 1 spiro atoms. The van der Waals surface area contributed by atoms with Gasteiger partial charge in [0.2, 0.25) is 11.4 Å². The SMILES string of the molecule is Cc1cc(C)[n+]2n1-c1cccc3c1C21c2c(ccc4c2[C@H](c2ccccc2-4)c2cc(-n4c5ccccc5c5ccccc54)cc[n+]21)O3. The first-order valence-electron chi connectivity index (χ1n) is 16.4. The van der Waals surface area contributed by atoms with Gasteiger partial charge in [-0.1, -0.05) is 72.8 Å². The van der Waals surface area contributed by atoms with E-state index in [4.69, 9.17) is 4.74 Å². The molecule has 3 aliphatic heterocycles. The van der Waals surface area contributed by atoms with Crippen LogP contribution in [0.2, 0.25) is 0 Å². The molecule has 3 aromatic heterocycles. The topological polar surface area (TPSA) is 26.8 Å². The van der Waals surface area contributed by atoms with Crippen molar-refractivity contribution in [3.8, 4) is 34.0 Å². The molecule has 0 saturated heterocycles. The van der Waals surface area contributed by atoms with E-state index in [2.05, 4.69) is 160 Å². The maximum absolute atomic E-state index is 6.87. The number of benzene rings is 5. The Bertz CT molecular complexity index is 2710. The zero-order chi connectivity index (χ0) is 30.8. The van der Waals surface area contributed by atoms with Crippen LogP contribution in [0.25, 0.3) is 44.3 Å². The van der Waals surface area contributed by atoms with Gasteiger partial charge in [-0.05, 0) is 64.2 Å². The van der Waals surface area contributed by atoms with Gasteiger partial charge >= 0.3 is 5.66 Å². The van der Waals surface area contributed by atoms with Crippen LogP contribution in [0.3, 0.4) is 0 Å². The van der Waals surface area contributed by atoms with Crippen molar-refractivity contribution in [2.24, 2.45) is 0 Å². The number of para-hydroxylation sites is 2. The van der Waals surface area contributed by atoms with Crippen LogP contribution in [-0.2, 0) is 5.66 Å². The lowest BCUT2D eigenvalue weighted by atomic mass is 9.75. The van der Waals surface area contributed by atoms with Gasteiger partial charge < -0.3 is 9.30 Å². The number of nitrogens with zero attached hydrogens (tertiary/aromatic N) is 4. The summed E-state index contributed by atoms with van der Waals surface area (Å²) in [5.41, 5.74) is 15.6. The highest BCUT2D eigenvalue weighted by molar-refractivity contribution is 6.09. The van der Waals surface area contributed by atoms with Crippen molar-refractivity contribution in [1.82, 2.24) is 9.25 Å². The number of hydrogen-bond donors (Lipinski definition) is 0. The summed E-state index contributed by atoms with van der Waals surface area (Å²) in [5, 5.41) is 2.54. The van der Waals surface area contributed by atoms with Crippen LogP contribution in [0.5, 0.6) is 11.5 Å². The first kappa shape index (κ1) is 24.3. The first-order valence-corrected chi connectivity index (χ1v) is 16.4. The third-order valence-electron chi connectivity index (χ3n) is 11.3. The summed E-state index contributed by atoms with van der Waals surface area (Å²) in [6.07, 6.45) is 2.35. The predicted octanol–water partition coefficient (Wildman–Crippen LogP) is 7.96. The Morgan fingerprint density at radius 2 is 1.43 bits per heavy atom. The molecule has 0 N–H and O–H groups in total. The number of hydrogen-bond acceptors (Lipinski definition) is 1. The van der Waals surface area contributed by atoms with E-state index in [0.717, 1.165) is 11.5 Å². The second-order valence-electron chi connectivity index (χ2n) is 13.4. The van der Waals surface area contributed by atoms with E-state index in [9.17, 15) is 0 Å². The van der Waals surface area contributed by atoms with Gasteiger partial charge in [-0.15, -0.1) is 9.25 Å². The van der Waals surface area contributed by atoms with Gasteiger partial charge in [0.15, 0.2) is 17.3 Å². The smallest absolute Gasteiger partial charge is 0.446 e. The Labute approximate surface area is 270 Å². The van der Waals surface area contributed by atoms with E-state index in [1.165, 1.54) is 83.6 Å². The van der Waals surface area contributed by atoms with Crippen molar-refractivity contribution in [3.63, 3.8) is 0 Å². The lowest BCUT2D eigenvalue weighted by Crippen LogP contribution is -2.78. The summed E-state index contributed by atoms with van der Waals surface area (Å²) < 4.78 is 16.8. The van der Waals surface area contributed by atoms with Crippen LogP contribution in [0, 0.1) is 13.8 Å². The summed E-state index contributed by atoms with van der Waals surface area (Å²) in [4.78, 5) is 0. The van der Waals surface area contributed by atoms with E-state index in [0.29, 0.717) is 0 Å². The molecule has 0 fully saturated rings. The summed E-state index contributed by atoms with van der Waals surface area (Å²) in [6, 6.07) is 44.7. The molecule has 6 heterocycles. The Balaban J connectivity index is 1.28. The summed E-state index contributed by atoms with van der Waals surface area (Å²) in [5.74, 6) is 1.93. The third-order valence-corrected chi connectivity index (χ3v) is 11.3. The summed E-state index contributed by atoms with van der Waals surface area (Å²) in [6.45, 7) is 4.46. The van der Waals surface area contributed by atoms with Gasteiger partial charge in [0, 0.05) is 35.9 Å². The zero-order valence-electron chi connectivity index (χ0n) is 25.9. The zero-order valence-corrected chi connectivity index (χ0v) is 25.9. The molecule has 8 aromatic rings. The van der Waals surface area contributed by atoms with Gasteiger partial charge in [0.1, 0.15) is 17.2 Å². The molecule has 47 heavy (non-hydrogen) atoms. The lowest BCUT2D eigenvalue weighted by molar-refractivity contribution is -1.00. The molecule has 5 nitrogen and oxygen atoms in total. The van der Waals surface area contributed by atoms with Gasteiger partial charge in [0.05, 0.1) is 28.3 Å². The molecule has 0 bridgehead atoms. The van der Waals surface area contributed by atoms with Crippen molar-refractivity contribution in [3.05, 3.63) is 167 Å². The Morgan fingerprint density at radius 1 is 0.681 bits per heavy atom. The monoisotopic (exact) mass is 604 g/mol. The predicted molar refractivity (Wildman–Crippen MR) is 181 cm³/mol. The quantitative estimate of drug-likeness (QED) is 0.175. The normalized spacial score (nSPS) is 18.5. The van der Waals surface area contributed by atoms with Crippen molar-refractivity contribution in [2.75, 3.05) is 0 Å². The summed E-state index contributed by atoms with van der Waals surface area (Å²) in [7, 11) is 0. The number of aryl methyl sites for hydroxylation is 2. The highest BCUT2D eigenvalue weighted by atomic mass is 16.5. The first-order chi connectivity index (χ1) is 23.2. The molecule has 5 aromatic carbocycles. The molecule has 0 saturated carbocycles. The van der Waals surface area contributed by atoms with Gasteiger partial charge in [-0.25, -0.2) is 0 Å². The molecule has 1 unspecified atom stereocenters. The van der Waals surface area contributed by atoms with Gasteiger partial charge in [0.25, 0.3) is 0 Å². The highest BCUT2D eigenvalue weighted by Crippen LogP contribution is 2.60. The molecule has 12 rings (SSSR count). The van der Waals surface area contributed by atoms with Gasteiger partial charge in [-0.2, -0.15) is 0 Å². The number of ether oxygens (including phenoxy) is 1. The van der Waals surface area contributed by atoms with Crippen molar-refractivity contribution in [2.45, 2.75) is 25.4 Å². The molecule has 0 amide bonds. The number of pyridine rings is 1. The fourth-order valence-electron chi connectivity index (χ4n) is 9.77. The van der Waals surface area contributed by atoms with E-state index < -0.39 is 5.66 Å². The minimum absolute atomic E-state index is 0.0677. The second kappa shape index (κ2) is 7.88. The van der Waals surface area contributed by atoms with E-state index >= 15 is 0 Å². The molecule has 0 radical (unpaired) electrons. The molecular formula is C42H28N4O+2. The molecule has 1 aliphatic carbocycles. The number of fused-ring (bicyclic) bond motifs is 10. The maximum atomic E-state index is 6.87. The lowest BCUT2D eigenvalue weighted by Gasteiger charge is -2.34. The third kappa shape index (κ3) is 2.54. The van der Waals surface area contributed by atoms with E-state index in [1.54, 1.807) is 0 Å². The molecule has 4 aliphatic rings. The maximum Gasteiger partial charge on any atom is 0.446 e. The van der Waals surface area contributed by atoms with Crippen LogP contribution in [-0.4, -0.2) is 9.25 Å². The largest absolute Gasteiger partial charge is 0.455 e. The van der Waals surface area contributed by atoms with Crippen molar-refractivity contribution in [1.29, 1.82) is 0 Å². The molecule has 220 valence electrons. The van der Waals surface area contributed by atoms with Crippen molar-refractivity contribution < 1.29 is 14.0 Å². The summed E-state index contributed by atoms with van der Waals surface area (Å²) >= 11 is 0. The molecular weight excluding hydrogens is 576 g/mol. The highest BCUT2D eigenvalue weighted by Gasteiger charge is 2.73. The minimum Gasteiger partial charge on any atom is -0.455 e. The van der Waals surface area contributed by atoms with Crippen LogP contribution in [0.1, 0.15) is 45.3 Å².